The van der Waals surface area contributed by atoms with E-state index in [1.165, 1.54) is 0 Å². The molecule has 33 valence electrons. The third-order valence-corrected chi connectivity index (χ3v) is 0.542. The molecule has 0 rings (SSSR count). The Morgan fingerprint density at radius 1 is 1.83 bits per heavy atom. The molecule has 0 aliphatic carbocycles. The highest BCUT2D eigenvalue weighted by Gasteiger charge is 1.74. The van der Waals surface area contributed by atoms with E-state index in [4.69, 9.17) is 0 Å². The highest BCUT2D eigenvalue weighted by Crippen LogP contribution is 1.67. The fourth-order valence-corrected chi connectivity index (χ4v) is 0.225. The second kappa shape index (κ2) is 4.85. The summed E-state index contributed by atoms with van der Waals surface area (Å²) in [4.78, 5) is 9.46. The van der Waals surface area contributed by atoms with Gasteiger partial charge in [-0.25, -0.2) is 0 Å². The monoisotopic (exact) mass is 101 g/mol. The van der Waals surface area contributed by atoms with Crippen LogP contribution in [0.25, 0.3) is 0 Å². The zero-order valence-electron chi connectivity index (χ0n) is 3.31. The zero-order chi connectivity index (χ0) is 4.83. The van der Waals surface area contributed by atoms with Crippen LogP contribution in [-0.4, -0.2) is 23.4 Å². The summed E-state index contributed by atoms with van der Waals surface area (Å²) in [5.41, 5.74) is 0. The third-order valence-electron chi connectivity index (χ3n) is 0.338. The maximum Gasteiger partial charge on any atom is 0.246 e. The summed E-state index contributed by atoms with van der Waals surface area (Å²) in [6.07, 6.45) is 1.27. The van der Waals surface area contributed by atoms with Crippen LogP contribution in [-0.2, 0) is 9.22 Å². The molecule has 0 fully saturated rings. The summed E-state index contributed by atoms with van der Waals surface area (Å²) in [6, 6.07) is 0. The lowest BCUT2D eigenvalue weighted by molar-refractivity contribution is -0.108. The summed E-state index contributed by atoms with van der Waals surface area (Å²) < 4.78 is 4.36. The Morgan fingerprint density at radius 3 is 2.67 bits per heavy atom. The van der Waals surface area contributed by atoms with Crippen molar-refractivity contribution in [2.24, 2.45) is 0 Å². The molecule has 0 heterocycles. The van der Waals surface area contributed by atoms with Crippen molar-refractivity contribution < 1.29 is 9.22 Å². The number of hydrogen-bond acceptors (Lipinski definition) is 2. The first-order chi connectivity index (χ1) is 2.91. The highest BCUT2D eigenvalue weighted by molar-refractivity contribution is 5.98. The van der Waals surface area contributed by atoms with Crippen molar-refractivity contribution in [3.63, 3.8) is 0 Å². The van der Waals surface area contributed by atoms with E-state index in [0.29, 0.717) is 13.0 Å². The molecule has 0 saturated carbocycles. The summed E-state index contributed by atoms with van der Waals surface area (Å²) in [5.74, 6) is 0. The normalized spacial score (nSPS) is 8.17. The molecule has 0 saturated heterocycles. The molecule has 0 bridgehead atoms. The number of carbonyl (C=O) groups excluding carboxylic acids is 1. The highest BCUT2D eigenvalue weighted by atomic mass is 28.2. The van der Waals surface area contributed by atoms with Crippen molar-refractivity contribution in [2.75, 3.05) is 6.61 Å². The maximum absolute atomic E-state index is 9.46. The topological polar surface area (TPSA) is 26.3 Å². The molecule has 2 nitrogen and oxygen atoms in total. The van der Waals surface area contributed by atoms with Gasteiger partial charge in [-0.15, -0.1) is 0 Å². The zero-order valence-corrected chi connectivity index (χ0v) is 4.31. The van der Waals surface area contributed by atoms with Crippen LogP contribution < -0.4 is 0 Å². The van der Waals surface area contributed by atoms with E-state index in [0.717, 1.165) is 6.29 Å². The van der Waals surface area contributed by atoms with Crippen LogP contribution in [0.15, 0.2) is 0 Å². The Bertz CT molecular complexity index is 37.8. The first-order valence-electron chi connectivity index (χ1n) is 1.64. The Balaban J connectivity index is 2.49. The predicted molar refractivity (Wildman–Crippen MR) is 22.4 cm³/mol. The van der Waals surface area contributed by atoms with Crippen LogP contribution in [0.3, 0.4) is 0 Å². The lowest BCUT2D eigenvalue weighted by Gasteiger charge is -1.83. The maximum atomic E-state index is 9.46. The third kappa shape index (κ3) is 3.85. The van der Waals surface area contributed by atoms with Gasteiger partial charge >= 0.3 is 0 Å². The molecule has 0 aromatic rings. The SMILES string of the molecule is O=CCCO[Si]. The number of carbonyl (C=O) groups is 1. The summed E-state index contributed by atoms with van der Waals surface area (Å²) in [6.45, 7) is 0.459. The van der Waals surface area contributed by atoms with Crippen LogP contribution in [0.2, 0.25) is 0 Å². The van der Waals surface area contributed by atoms with Gasteiger partial charge in [-0.05, 0) is 0 Å². The van der Waals surface area contributed by atoms with Gasteiger partial charge in [0.2, 0.25) is 10.5 Å². The fraction of sp³-hybridized carbons (Fsp3) is 0.667. The quantitative estimate of drug-likeness (QED) is 0.276. The van der Waals surface area contributed by atoms with E-state index >= 15 is 0 Å². The molecule has 3 radical (unpaired) electrons. The van der Waals surface area contributed by atoms with Gasteiger partial charge in [0.15, 0.2) is 0 Å². The molecular weight excluding hydrogens is 96.1 g/mol. The molecule has 0 amide bonds. The molecular formula is C3H5O2Si. The average Bonchev–Trinajstić information content (AvgIpc) is 1.61. The molecule has 0 aliphatic heterocycles. The summed E-state index contributed by atoms with van der Waals surface area (Å²) >= 11 is 0. The Kier molecular flexibility index (Phi) is 4.72. The standard InChI is InChI=1S/C3H5O2Si/c4-2-1-3-5-6/h2H,1,3H2. The molecule has 6 heavy (non-hydrogen) atoms. The first kappa shape index (κ1) is 5.85. The molecule has 0 spiro atoms. The van der Waals surface area contributed by atoms with Crippen LogP contribution in [0, 0.1) is 0 Å². The van der Waals surface area contributed by atoms with Crippen molar-refractivity contribution in [1.29, 1.82) is 0 Å². The molecule has 3 heteroatoms. The van der Waals surface area contributed by atoms with Gasteiger partial charge < -0.3 is 9.22 Å². The van der Waals surface area contributed by atoms with Gasteiger partial charge in [0.25, 0.3) is 0 Å². The van der Waals surface area contributed by atoms with Crippen molar-refractivity contribution in [1.82, 2.24) is 0 Å². The smallest absolute Gasteiger partial charge is 0.246 e. The summed E-state index contributed by atoms with van der Waals surface area (Å²) in [7, 11) is 2.73. The van der Waals surface area contributed by atoms with E-state index in [1.807, 2.05) is 0 Å². The van der Waals surface area contributed by atoms with Crippen LogP contribution in [0.5, 0.6) is 0 Å². The Labute approximate surface area is 40.0 Å². The lowest BCUT2D eigenvalue weighted by atomic mass is 10.5. The molecule has 0 atom stereocenters. The largest absolute Gasteiger partial charge is 0.418 e. The fourth-order valence-electron chi connectivity index (χ4n) is 0.107. The minimum atomic E-state index is 0.459. The van der Waals surface area contributed by atoms with Gasteiger partial charge in [-0.1, -0.05) is 0 Å². The second-order valence-corrected chi connectivity index (χ2v) is 1.09. The van der Waals surface area contributed by atoms with Crippen molar-refractivity contribution in [2.45, 2.75) is 6.42 Å². The van der Waals surface area contributed by atoms with Gasteiger partial charge in [0.05, 0.1) is 0 Å². The van der Waals surface area contributed by atoms with Gasteiger partial charge in [-0.3, -0.25) is 0 Å². The van der Waals surface area contributed by atoms with Gasteiger partial charge in [0.1, 0.15) is 6.29 Å². The molecule has 0 N–H and O–H groups in total. The van der Waals surface area contributed by atoms with E-state index in [9.17, 15) is 4.79 Å². The van der Waals surface area contributed by atoms with E-state index in [-0.39, 0.29) is 0 Å². The predicted octanol–water partition coefficient (Wildman–Crippen LogP) is -0.325. The molecule has 0 aliphatic rings. The molecule has 0 aromatic carbocycles. The average molecular weight is 101 g/mol. The minimum absolute atomic E-state index is 0.459. The van der Waals surface area contributed by atoms with Crippen LogP contribution >= 0.6 is 0 Å². The Morgan fingerprint density at radius 2 is 2.50 bits per heavy atom. The van der Waals surface area contributed by atoms with Gasteiger partial charge in [0, 0.05) is 13.0 Å². The summed E-state index contributed by atoms with van der Waals surface area (Å²) in [5, 5.41) is 0. The lowest BCUT2D eigenvalue weighted by Crippen LogP contribution is -1.88. The van der Waals surface area contributed by atoms with E-state index in [1.54, 1.807) is 0 Å². The van der Waals surface area contributed by atoms with Crippen molar-refractivity contribution in [3.05, 3.63) is 0 Å². The first-order valence-corrected chi connectivity index (χ1v) is 2.04. The molecule has 0 unspecified atom stereocenters. The van der Waals surface area contributed by atoms with E-state index < -0.39 is 0 Å². The van der Waals surface area contributed by atoms with Gasteiger partial charge in [-0.2, -0.15) is 0 Å². The minimum Gasteiger partial charge on any atom is -0.418 e. The van der Waals surface area contributed by atoms with Crippen molar-refractivity contribution in [3.8, 4) is 0 Å². The Hall–Kier alpha value is -0.153. The van der Waals surface area contributed by atoms with Crippen LogP contribution in [0.4, 0.5) is 0 Å². The number of aldehydes is 1. The number of hydrogen-bond donors (Lipinski definition) is 0. The number of rotatable bonds is 3. The van der Waals surface area contributed by atoms with Crippen molar-refractivity contribution >= 4 is 16.8 Å². The molecule has 0 aromatic heterocycles. The van der Waals surface area contributed by atoms with E-state index in [2.05, 4.69) is 14.9 Å². The second-order valence-electron chi connectivity index (χ2n) is 0.804. The van der Waals surface area contributed by atoms with Crippen LogP contribution in [0.1, 0.15) is 6.42 Å².